The summed E-state index contributed by atoms with van der Waals surface area (Å²) < 4.78 is 30.0. The van der Waals surface area contributed by atoms with Crippen molar-refractivity contribution >= 4 is 5.91 Å². The maximum atomic E-state index is 13.4. The first-order chi connectivity index (χ1) is 13.2. The van der Waals surface area contributed by atoms with E-state index in [1.165, 1.54) is 12.1 Å². The molecule has 2 atom stereocenters. The minimum absolute atomic E-state index is 0.0550. The van der Waals surface area contributed by atoms with Crippen molar-refractivity contribution in [1.29, 1.82) is 0 Å². The topological polar surface area (TPSA) is 56.8 Å². The zero-order chi connectivity index (χ0) is 19.1. The van der Waals surface area contributed by atoms with Crippen LogP contribution in [-0.4, -0.2) is 38.4 Å². The van der Waals surface area contributed by atoms with Crippen LogP contribution in [0.15, 0.2) is 48.5 Å². The fraction of sp³-hybridized carbons (Fsp3) is 0.381. The van der Waals surface area contributed by atoms with Crippen LogP contribution < -0.4 is 14.8 Å². The minimum Gasteiger partial charge on any atom is -0.496 e. The fourth-order valence-corrected chi connectivity index (χ4v) is 3.14. The second-order valence-corrected chi connectivity index (χ2v) is 6.46. The minimum atomic E-state index is -0.360. The van der Waals surface area contributed by atoms with Crippen LogP contribution in [-0.2, 0) is 16.0 Å². The molecular formula is C21H24FNO4. The van der Waals surface area contributed by atoms with Crippen LogP contribution >= 0.6 is 0 Å². The first-order valence-electron chi connectivity index (χ1n) is 9.07. The number of rotatable bonds is 7. The average Bonchev–Trinajstić information content (AvgIpc) is 2.68. The van der Waals surface area contributed by atoms with E-state index in [9.17, 15) is 9.18 Å². The highest BCUT2D eigenvalue weighted by molar-refractivity contribution is 5.76. The first kappa shape index (κ1) is 19.2. The number of nitrogens with one attached hydrogen (secondary N) is 1. The first-order valence-corrected chi connectivity index (χ1v) is 9.07. The Morgan fingerprint density at radius 2 is 2.11 bits per heavy atom. The summed E-state index contributed by atoms with van der Waals surface area (Å²) in [6.07, 6.45) is 1.25. The van der Waals surface area contributed by atoms with E-state index in [4.69, 9.17) is 14.2 Å². The monoisotopic (exact) mass is 373 g/mol. The standard InChI is InChI=1S/C21H24FNO4/c1-25-19-8-3-2-5-15(19)9-10-21(24)23-18-11-12-26-14-20(18)27-17-7-4-6-16(22)13-17/h2-8,13,18,20H,9-12,14H2,1H3,(H,23,24)/t18-,20-/m1/s1. The molecule has 0 spiro atoms. The maximum absolute atomic E-state index is 13.4. The molecule has 0 bridgehead atoms. The summed E-state index contributed by atoms with van der Waals surface area (Å²) in [5, 5.41) is 3.03. The van der Waals surface area contributed by atoms with Gasteiger partial charge < -0.3 is 19.5 Å². The van der Waals surface area contributed by atoms with Gasteiger partial charge in [-0.1, -0.05) is 24.3 Å². The SMILES string of the molecule is COc1ccccc1CCC(=O)N[C@@H]1CCOC[C@H]1Oc1cccc(F)c1. The van der Waals surface area contributed by atoms with Gasteiger partial charge in [0.1, 0.15) is 23.4 Å². The molecule has 1 aliphatic heterocycles. The van der Waals surface area contributed by atoms with Gasteiger partial charge in [0.2, 0.25) is 5.91 Å². The van der Waals surface area contributed by atoms with Gasteiger partial charge in [-0.15, -0.1) is 0 Å². The molecule has 0 saturated carbocycles. The van der Waals surface area contributed by atoms with Crippen molar-refractivity contribution in [3.8, 4) is 11.5 Å². The van der Waals surface area contributed by atoms with Crippen LogP contribution in [0.1, 0.15) is 18.4 Å². The molecule has 5 nitrogen and oxygen atoms in total. The lowest BCUT2D eigenvalue weighted by atomic mass is 10.0. The summed E-state index contributed by atoms with van der Waals surface area (Å²) in [5.74, 6) is 0.796. The van der Waals surface area contributed by atoms with Crippen LogP contribution in [0.25, 0.3) is 0 Å². The third-order valence-electron chi connectivity index (χ3n) is 4.55. The molecular weight excluding hydrogens is 349 g/mol. The summed E-state index contributed by atoms with van der Waals surface area (Å²) in [4.78, 5) is 12.4. The van der Waals surface area contributed by atoms with E-state index in [0.29, 0.717) is 38.2 Å². The van der Waals surface area contributed by atoms with Crippen molar-refractivity contribution in [2.75, 3.05) is 20.3 Å². The van der Waals surface area contributed by atoms with Gasteiger partial charge in [-0.05, 0) is 36.6 Å². The summed E-state index contributed by atoms with van der Waals surface area (Å²) in [7, 11) is 1.62. The third kappa shape index (κ3) is 5.44. The molecule has 0 aromatic heterocycles. The fourth-order valence-electron chi connectivity index (χ4n) is 3.14. The predicted octanol–water partition coefficient (Wildman–Crippen LogP) is 3.12. The van der Waals surface area contributed by atoms with E-state index in [0.717, 1.165) is 11.3 Å². The number of ether oxygens (including phenoxy) is 3. The lowest BCUT2D eigenvalue weighted by Gasteiger charge is -2.32. The molecule has 1 N–H and O–H groups in total. The van der Waals surface area contributed by atoms with E-state index in [2.05, 4.69) is 5.32 Å². The lowest BCUT2D eigenvalue weighted by Crippen LogP contribution is -2.51. The third-order valence-corrected chi connectivity index (χ3v) is 4.55. The zero-order valence-electron chi connectivity index (χ0n) is 15.3. The van der Waals surface area contributed by atoms with Gasteiger partial charge >= 0.3 is 0 Å². The van der Waals surface area contributed by atoms with Crippen LogP contribution in [0, 0.1) is 5.82 Å². The number of hydrogen-bond acceptors (Lipinski definition) is 4. The van der Waals surface area contributed by atoms with Crippen molar-refractivity contribution in [1.82, 2.24) is 5.32 Å². The normalized spacial score (nSPS) is 19.3. The van der Waals surface area contributed by atoms with Gasteiger partial charge in [0.05, 0.1) is 19.8 Å². The zero-order valence-corrected chi connectivity index (χ0v) is 15.3. The molecule has 3 rings (SSSR count). The second-order valence-electron chi connectivity index (χ2n) is 6.46. The maximum Gasteiger partial charge on any atom is 0.220 e. The number of carbonyl (C=O) groups excluding carboxylic acids is 1. The molecule has 6 heteroatoms. The largest absolute Gasteiger partial charge is 0.496 e. The highest BCUT2D eigenvalue weighted by Crippen LogP contribution is 2.20. The Labute approximate surface area is 158 Å². The Bertz CT molecular complexity index is 767. The summed E-state index contributed by atoms with van der Waals surface area (Å²) >= 11 is 0. The van der Waals surface area contributed by atoms with Crippen molar-refractivity contribution in [3.05, 3.63) is 59.9 Å². The van der Waals surface area contributed by atoms with Gasteiger partial charge in [-0.3, -0.25) is 4.79 Å². The Hall–Kier alpha value is -2.60. The number of para-hydroxylation sites is 1. The van der Waals surface area contributed by atoms with Crippen LogP contribution in [0.4, 0.5) is 4.39 Å². The van der Waals surface area contributed by atoms with Crippen molar-refractivity contribution in [2.45, 2.75) is 31.4 Å². The Morgan fingerprint density at radius 1 is 1.26 bits per heavy atom. The number of aryl methyl sites for hydroxylation is 1. The molecule has 1 saturated heterocycles. The number of hydrogen-bond donors (Lipinski definition) is 1. The van der Waals surface area contributed by atoms with E-state index in [1.54, 1.807) is 19.2 Å². The molecule has 1 amide bonds. The predicted molar refractivity (Wildman–Crippen MR) is 99.5 cm³/mol. The quantitative estimate of drug-likeness (QED) is 0.810. The molecule has 0 unspecified atom stereocenters. The highest BCUT2D eigenvalue weighted by Gasteiger charge is 2.29. The van der Waals surface area contributed by atoms with Crippen LogP contribution in [0.3, 0.4) is 0 Å². The number of carbonyl (C=O) groups is 1. The average molecular weight is 373 g/mol. The molecule has 0 aliphatic carbocycles. The molecule has 2 aromatic rings. The molecule has 27 heavy (non-hydrogen) atoms. The summed E-state index contributed by atoms with van der Waals surface area (Å²) in [5.41, 5.74) is 0.995. The number of benzene rings is 2. The van der Waals surface area contributed by atoms with Gasteiger partial charge in [0.25, 0.3) is 0 Å². The highest BCUT2D eigenvalue weighted by atomic mass is 19.1. The van der Waals surface area contributed by atoms with E-state index in [1.807, 2.05) is 24.3 Å². The van der Waals surface area contributed by atoms with Crippen molar-refractivity contribution in [3.63, 3.8) is 0 Å². The molecule has 0 radical (unpaired) electrons. The number of amides is 1. The summed E-state index contributed by atoms with van der Waals surface area (Å²) in [6, 6.07) is 13.5. The Kier molecular flexibility index (Phi) is 6.65. The van der Waals surface area contributed by atoms with Gasteiger partial charge in [-0.25, -0.2) is 4.39 Å². The van der Waals surface area contributed by atoms with Crippen LogP contribution in [0.2, 0.25) is 0 Å². The molecule has 1 heterocycles. The van der Waals surface area contributed by atoms with Crippen molar-refractivity contribution in [2.24, 2.45) is 0 Å². The molecule has 2 aromatic carbocycles. The molecule has 1 fully saturated rings. The van der Waals surface area contributed by atoms with E-state index < -0.39 is 0 Å². The van der Waals surface area contributed by atoms with Gasteiger partial charge in [0, 0.05) is 19.1 Å². The second kappa shape index (κ2) is 9.37. The van der Waals surface area contributed by atoms with Crippen LogP contribution in [0.5, 0.6) is 11.5 Å². The van der Waals surface area contributed by atoms with Gasteiger partial charge in [0.15, 0.2) is 0 Å². The molecule has 144 valence electrons. The smallest absolute Gasteiger partial charge is 0.220 e. The summed E-state index contributed by atoms with van der Waals surface area (Å²) in [6.45, 7) is 0.911. The number of methoxy groups -OCH3 is 1. The lowest BCUT2D eigenvalue weighted by molar-refractivity contribution is -0.123. The van der Waals surface area contributed by atoms with Crippen molar-refractivity contribution < 1.29 is 23.4 Å². The van der Waals surface area contributed by atoms with E-state index >= 15 is 0 Å². The molecule has 1 aliphatic rings. The Balaban J connectivity index is 1.56. The van der Waals surface area contributed by atoms with Gasteiger partial charge in [-0.2, -0.15) is 0 Å². The Morgan fingerprint density at radius 3 is 2.93 bits per heavy atom. The van der Waals surface area contributed by atoms with E-state index in [-0.39, 0.29) is 23.9 Å². The number of halogens is 1.